The van der Waals surface area contributed by atoms with Crippen molar-refractivity contribution in [3.8, 4) is 5.88 Å². The van der Waals surface area contributed by atoms with E-state index in [-0.39, 0.29) is 12.5 Å². The number of anilines is 1. The minimum Gasteiger partial charge on any atom is -0.481 e. The standard InChI is InChI=1S/C10H16N4O2/c1-3-5-11-8(15)7-13-10-12-6-4-9(14-10)16-2/h4,6H,3,5,7H2,1-2H3,(H,11,15)(H,12,13,14). The summed E-state index contributed by atoms with van der Waals surface area (Å²) in [5.74, 6) is 0.769. The molecule has 1 aromatic heterocycles. The summed E-state index contributed by atoms with van der Waals surface area (Å²) < 4.78 is 4.93. The molecule has 0 spiro atoms. The van der Waals surface area contributed by atoms with Crippen LogP contribution in [0, 0.1) is 0 Å². The maximum Gasteiger partial charge on any atom is 0.239 e. The first-order valence-electron chi connectivity index (χ1n) is 5.14. The predicted octanol–water partition coefficient (Wildman–Crippen LogP) is 0.423. The highest BCUT2D eigenvalue weighted by atomic mass is 16.5. The Hall–Kier alpha value is -1.85. The van der Waals surface area contributed by atoms with E-state index in [1.807, 2.05) is 6.92 Å². The molecule has 1 aromatic rings. The molecular formula is C10H16N4O2. The molecule has 0 bridgehead atoms. The van der Waals surface area contributed by atoms with E-state index in [2.05, 4.69) is 20.6 Å². The van der Waals surface area contributed by atoms with Crippen molar-refractivity contribution < 1.29 is 9.53 Å². The highest BCUT2D eigenvalue weighted by Crippen LogP contribution is 2.06. The van der Waals surface area contributed by atoms with Gasteiger partial charge in [-0.15, -0.1) is 0 Å². The van der Waals surface area contributed by atoms with Crippen LogP contribution in [0.15, 0.2) is 12.3 Å². The molecule has 1 amide bonds. The summed E-state index contributed by atoms with van der Waals surface area (Å²) >= 11 is 0. The molecule has 0 saturated carbocycles. The van der Waals surface area contributed by atoms with Gasteiger partial charge in [-0.25, -0.2) is 4.98 Å². The number of ether oxygens (including phenoxy) is 1. The van der Waals surface area contributed by atoms with Crippen LogP contribution < -0.4 is 15.4 Å². The van der Waals surface area contributed by atoms with E-state index in [0.717, 1.165) is 6.42 Å². The second kappa shape index (κ2) is 6.60. The van der Waals surface area contributed by atoms with Gasteiger partial charge in [-0.3, -0.25) is 4.79 Å². The van der Waals surface area contributed by atoms with Crippen LogP contribution in [0.2, 0.25) is 0 Å². The SMILES string of the molecule is CCCNC(=O)CNc1nccc(OC)n1. The number of nitrogens with one attached hydrogen (secondary N) is 2. The smallest absolute Gasteiger partial charge is 0.239 e. The normalized spacial score (nSPS) is 9.62. The Morgan fingerprint density at radius 1 is 1.56 bits per heavy atom. The van der Waals surface area contributed by atoms with Crippen molar-refractivity contribution in [3.05, 3.63) is 12.3 Å². The van der Waals surface area contributed by atoms with Crippen LogP contribution in [0.3, 0.4) is 0 Å². The summed E-state index contributed by atoms with van der Waals surface area (Å²) in [7, 11) is 1.53. The Bertz CT molecular complexity index is 343. The van der Waals surface area contributed by atoms with Crippen molar-refractivity contribution in [2.24, 2.45) is 0 Å². The second-order valence-corrected chi connectivity index (χ2v) is 3.13. The molecule has 2 N–H and O–H groups in total. The summed E-state index contributed by atoms with van der Waals surface area (Å²) in [5.41, 5.74) is 0. The highest BCUT2D eigenvalue weighted by Gasteiger charge is 2.02. The number of amides is 1. The molecule has 0 aromatic carbocycles. The average molecular weight is 224 g/mol. The second-order valence-electron chi connectivity index (χ2n) is 3.13. The monoisotopic (exact) mass is 224 g/mol. The van der Waals surface area contributed by atoms with Gasteiger partial charge in [-0.2, -0.15) is 4.98 Å². The summed E-state index contributed by atoms with van der Waals surface area (Å²) in [5, 5.41) is 5.56. The Kier molecular flexibility index (Phi) is 5.04. The number of hydrogen-bond acceptors (Lipinski definition) is 5. The molecule has 0 saturated heterocycles. The molecule has 6 nitrogen and oxygen atoms in total. The highest BCUT2D eigenvalue weighted by molar-refractivity contribution is 5.80. The van der Waals surface area contributed by atoms with Crippen molar-refractivity contribution in [1.82, 2.24) is 15.3 Å². The van der Waals surface area contributed by atoms with Gasteiger partial charge in [0.15, 0.2) is 0 Å². The lowest BCUT2D eigenvalue weighted by Crippen LogP contribution is -2.30. The zero-order valence-electron chi connectivity index (χ0n) is 9.49. The average Bonchev–Trinajstić information content (AvgIpc) is 2.34. The number of carbonyl (C=O) groups is 1. The molecule has 88 valence electrons. The maximum atomic E-state index is 11.3. The van der Waals surface area contributed by atoms with Crippen LogP contribution in [0.1, 0.15) is 13.3 Å². The number of aromatic nitrogens is 2. The van der Waals surface area contributed by atoms with Crippen molar-refractivity contribution >= 4 is 11.9 Å². The Morgan fingerprint density at radius 3 is 3.06 bits per heavy atom. The van der Waals surface area contributed by atoms with E-state index in [0.29, 0.717) is 18.4 Å². The number of hydrogen-bond donors (Lipinski definition) is 2. The zero-order chi connectivity index (χ0) is 11.8. The predicted molar refractivity (Wildman–Crippen MR) is 60.4 cm³/mol. The topological polar surface area (TPSA) is 76.1 Å². The van der Waals surface area contributed by atoms with Gasteiger partial charge < -0.3 is 15.4 Å². The third kappa shape index (κ3) is 4.12. The quantitative estimate of drug-likeness (QED) is 0.732. The fraction of sp³-hybridized carbons (Fsp3) is 0.500. The van der Waals surface area contributed by atoms with E-state index in [4.69, 9.17) is 4.74 Å². The van der Waals surface area contributed by atoms with E-state index in [9.17, 15) is 4.79 Å². The number of carbonyl (C=O) groups excluding carboxylic acids is 1. The molecule has 6 heteroatoms. The zero-order valence-corrected chi connectivity index (χ0v) is 9.49. The first-order valence-corrected chi connectivity index (χ1v) is 5.14. The molecule has 1 heterocycles. The van der Waals surface area contributed by atoms with E-state index in [1.54, 1.807) is 12.3 Å². The largest absolute Gasteiger partial charge is 0.481 e. The van der Waals surface area contributed by atoms with Gasteiger partial charge in [0, 0.05) is 18.8 Å². The number of methoxy groups -OCH3 is 1. The van der Waals surface area contributed by atoms with Crippen LogP contribution in [-0.2, 0) is 4.79 Å². The van der Waals surface area contributed by atoms with Crippen LogP contribution >= 0.6 is 0 Å². The van der Waals surface area contributed by atoms with Crippen LogP contribution in [0.4, 0.5) is 5.95 Å². The lowest BCUT2D eigenvalue weighted by molar-refractivity contribution is -0.119. The van der Waals surface area contributed by atoms with Crippen LogP contribution in [-0.4, -0.2) is 36.1 Å². The van der Waals surface area contributed by atoms with Crippen molar-refractivity contribution in [1.29, 1.82) is 0 Å². The fourth-order valence-electron chi connectivity index (χ4n) is 1.03. The third-order valence-electron chi connectivity index (χ3n) is 1.82. The Morgan fingerprint density at radius 2 is 2.38 bits per heavy atom. The molecule has 0 atom stereocenters. The summed E-state index contributed by atoms with van der Waals surface area (Å²) in [4.78, 5) is 19.2. The van der Waals surface area contributed by atoms with Gasteiger partial charge in [0.2, 0.25) is 17.7 Å². The summed E-state index contributed by atoms with van der Waals surface area (Å²) in [6, 6.07) is 1.64. The van der Waals surface area contributed by atoms with E-state index < -0.39 is 0 Å². The Labute approximate surface area is 94.4 Å². The van der Waals surface area contributed by atoms with Crippen molar-refractivity contribution in [2.45, 2.75) is 13.3 Å². The third-order valence-corrected chi connectivity index (χ3v) is 1.82. The van der Waals surface area contributed by atoms with Crippen molar-refractivity contribution in [2.75, 3.05) is 25.5 Å². The van der Waals surface area contributed by atoms with Crippen LogP contribution in [0.5, 0.6) is 5.88 Å². The summed E-state index contributed by atoms with van der Waals surface area (Å²) in [6.07, 6.45) is 2.49. The number of rotatable bonds is 6. The van der Waals surface area contributed by atoms with Gasteiger partial charge >= 0.3 is 0 Å². The molecule has 0 radical (unpaired) electrons. The maximum absolute atomic E-state index is 11.3. The van der Waals surface area contributed by atoms with E-state index in [1.165, 1.54) is 7.11 Å². The molecule has 0 unspecified atom stereocenters. The molecule has 0 fully saturated rings. The Balaban J connectivity index is 2.38. The molecule has 0 aliphatic rings. The molecule has 0 aliphatic carbocycles. The van der Waals surface area contributed by atoms with Gasteiger partial charge in [-0.05, 0) is 6.42 Å². The first-order chi connectivity index (χ1) is 7.76. The van der Waals surface area contributed by atoms with Gasteiger partial charge in [-0.1, -0.05) is 6.92 Å². The molecule has 0 aliphatic heterocycles. The lowest BCUT2D eigenvalue weighted by Gasteiger charge is -2.06. The van der Waals surface area contributed by atoms with Gasteiger partial charge in [0.05, 0.1) is 13.7 Å². The first kappa shape index (κ1) is 12.2. The molecule has 1 rings (SSSR count). The minimum atomic E-state index is -0.0757. The molecule has 16 heavy (non-hydrogen) atoms. The molecular weight excluding hydrogens is 208 g/mol. The number of nitrogens with zero attached hydrogens (tertiary/aromatic N) is 2. The van der Waals surface area contributed by atoms with Crippen molar-refractivity contribution in [3.63, 3.8) is 0 Å². The fourth-order valence-corrected chi connectivity index (χ4v) is 1.03. The van der Waals surface area contributed by atoms with Gasteiger partial charge in [0.1, 0.15) is 0 Å². The summed E-state index contributed by atoms with van der Waals surface area (Å²) in [6.45, 7) is 2.84. The lowest BCUT2D eigenvalue weighted by atomic mass is 10.4. The van der Waals surface area contributed by atoms with Crippen LogP contribution in [0.25, 0.3) is 0 Å². The minimum absolute atomic E-state index is 0.0757. The van der Waals surface area contributed by atoms with E-state index >= 15 is 0 Å². The van der Waals surface area contributed by atoms with Gasteiger partial charge in [0.25, 0.3) is 0 Å².